The van der Waals surface area contributed by atoms with Gasteiger partial charge in [-0.3, -0.25) is 0 Å². The molecule has 0 aliphatic carbocycles. The van der Waals surface area contributed by atoms with Crippen LogP contribution in [0.4, 0.5) is 0 Å². The third kappa shape index (κ3) is 4.13. The zero-order chi connectivity index (χ0) is 34.6. The summed E-state index contributed by atoms with van der Waals surface area (Å²) < 4.78 is 15.2. The van der Waals surface area contributed by atoms with Crippen LogP contribution in [0.3, 0.4) is 0 Å². The van der Waals surface area contributed by atoms with Gasteiger partial charge in [-0.2, -0.15) is 0 Å². The quantitative estimate of drug-likeness (QED) is 0.175. The van der Waals surface area contributed by atoms with Gasteiger partial charge in [0.05, 0.1) is 22.9 Å². The molecule has 0 saturated carbocycles. The number of furan rings is 2. The van der Waals surface area contributed by atoms with Crippen molar-refractivity contribution < 1.29 is 8.83 Å². The number of para-hydroxylation sites is 2. The molecule has 4 heterocycles. The fourth-order valence-electron chi connectivity index (χ4n) is 8.39. The van der Waals surface area contributed by atoms with E-state index in [0.717, 1.165) is 77.3 Å². The number of nitrogens with zero attached hydrogens (tertiary/aromatic N) is 3. The maximum atomic E-state index is 6.43. The lowest BCUT2D eigenvalue weighted by atomic mass is 9.98. The highest BCUT2D eigenvalue weighted by Gasteiger charge is 2.19. The van der Waals surface area contributed by atoms with E-state index in [0.29, 0.717) is 5.71 Å². The molecule has 0 fully saturated rings. The molecule has 0 N–H and O–H groups in total. The summed E-state index contributed by atoms with van der Waals surface area (Å²) in [6.45, 7) is 0. The van der Waals surface area contributed by atoms with Gasteiger partial charge in [0.2, 0.25) is 5.71 Å². The summed E-state index contributed by atoms with van der Waals surface area (Å²) in [4.78, 5) is 10.0. The van der Waals surface area contributed by atoms with Gasteiger partial charge in [0.15, 0.2) is 0 Å². The van der Waals surface area contributed by atoms with Crippen LogP contribution >= 0.6 is 0 Å². The fourth-order valence-corrected chi connectivity index (χ4v) is 8.39. The van der Waals surface area contributed by atoms with E-state index in [4.69, 9.17) is 18.8 Å². The molecule has 0 aliphatic rings. The molecule has 0 saturated heterocycles. The van der Waals surface area contributed by atoms with Gasteiger partial charge in [0.1, 0.15) is 22.3 Å². The Kier molecular flexibility index (Phi) is 5.71. The lowest BCUT2D eigenvalue weighted by molar-refractivity contribution is 0.654. The van der Waals surface area contributed by atoms with Crippen molar-refractivity contribution in [3.05, 3.63) is 164 Å². The van der Waals surface area contributed by atoms with Gasteiger partial charge < -0.3 is 13.4 Å². The van der Waals surface area contributed by atoms with Gasteiger partial charge in [0, 0.05) is 38.2 Å². The van der Waals surface area contributed by atoms with Crippen LogP contribution in [-0.2, 0) is 0 Å². The fraction of sp³-hybridized carbons (Fsp3) is 0. The molecule has 0 aliphatic heterocycles. The molecule has 5 nitrogen and oxygen atoms in total. The highest BCUT2D eigenvalue weighted by Crippen LogP contribution is 2.41. The van der Waals surface area contributed by atoms with Gasteiger partial charge in [-0.1, -0.05) is 97.1 Å². The van der Waals surface area contributed by atoms with Crippen molar-refractivity contribution in [2.45, 2.75) is 0 Å². The molecule has 0 bridgehead atoms. The zero-order valence-corrected chi connectivity index (χ0v) is 28.2. The number of rotatable bonds is 3. The molecular weight excluding hydrogens is 651 g/mol. The van der Waals surface area contributed by atoms with Crippen LogP contribution < -0.4 is 0 Å². The Morgan fingerprint density at radius 2 is 1.23 bits per heavy atom. The first-order chi connectivity index (χ1) is 26.2. The number of aromatic nitrogens is 3. The lowest BCUT2D eigenvalue weighted by Gasteiger charge is -2.08. The third-order valence-electron chi connectivity index (χ3n) is 10.8. The molecule has 246 valence electrons. The molecule has 12 aromatic rings. The average molecular weight is 678 g/mol. The van der Waals surface area contributed by atoms with Crippen LogP contribution in [0.2, 0.25) is 0 Å². The van der Waals surface area contributed by atoms with Crippen molar-refractivity contribution in [1.29, 1.82) is 0 Å². The Balaban J connectivity index is 1.01. The number of fused-ring (bicyclic) bond motifs is 12. The van der Waals surface area contributed by atoms with Gasteiger partial charge in [0.25, 0.3) is 0 Å². The minimum atomic E-state index is 0.519. The molecular formula is C48H27N3O2. The summed E-state index contributed by atoms with van der Waals surface area (Å²) in [6, 6.07) is 55.6. The van der Waals surface area contributed by atoms with E-state index in [2.05, 4.69) is 150 Å². The van der Waals surface area contributed by atoms with Gasteiger partial charge in [-0.15, -0.1) is 0 Å². The minimum Gasteiger partial charge on any atom is -0.456 e. The normalized spacial score (nSPS) is 12.2. The number of benzene rings is 8. The highest BCUT2D eigenvalue weighted by atomic mass is 16.3. The number of hydrogen-bond acceptors (Lipinski definition) is 4. The monoisotopic (exact) mass is 677 g/mol. The van der Waals surface area contributed by atoms with Crippen LogP contribution in [0, 0.1) is 0 Å². The molecule has 0 unspecified atom stereocenters. The maximum Gasteiger partial charge on any atom is 0.246 e. The van der Waals surface area contributed by atoms with E-state index in [1.165, 1.54) is 32.6 Å². The molecule has 0 spiro atoms. The zero-order valence-electron chi connectivity index (χ0n) is 28.2. The van der Waals surface area contributed by atoms with Crippen LogP contribution in [0.25, 0.3) is 116 Å². The van der Waals surface area contributed by atoms with E-state index in [-0.39, 0.29) is 0 Å². The van der Waals surface area contributed by atoms with E-state index in [1.54, 1.807) is 0 Å². The van der Waals surface area contributed by atoms with Crippen molar-refractivity contribution in [2.24, 2.45) is 0 Å². The molecule has 0 amide bonds. The molecule has 0 radical (unpaired) electrons. The van der Waals surface area contributed by atoms with Crippen LogP contribution in [-0.4, -0.2) is 14.5 Å². The van der Waals surface area contributed by atoms with Crippen LogP contribution in [0.15, 0.2) is 173 Å². The third-order valence-corrected chi connectivity index (χ3v) is 10.8. The van der Waals surface area contributed by atoms with Crippen molar-refractivity contribution >= 4 is 87.5 Å². The summed E-state index contributed by atoms with van der Waals surface area (Å²) in [5, 5.41) is 10.2. The van der Waals surface area contributed by atoms with Crippen molar-refractivity contribution in [3.8, 4) is 28.1 Å². The molecule has 12 rings (SSSR count). The summed E-state index contributed by atoms with van der Waals surface area (Å²) in [7, 11) is 0. The maximum absolute atomic E-state index is 6.43. The van der Waals surface area contributed by atoms with Crippen LogP contribution in [0.5, 0.6) is 0 Å². The Morgan fingerprint density at radius 3 is 2.15 bits per heavy atom. The van der Waals surface area contributed by atoms with E-state index < -0.39 is 0 Å². The largest absolute Gasteiger partial charge is 0.456 e. The van der Waals surface area contributed by atoms with Gasteiger partial charge >= 0.3 is 0 Å². The number of hydrogen-bond donors (Lipinski definition) is 0. The van der Waals surface area contributed by atoms with Crippen molar-refractivity contribution in [1.82, 2.24) is 14.5 Å². The molecule has 4 aromatic heterocycles. The highest BCUT2D eigenvalue weighted by molar-refractivity contribution is 6.16. The summed E-state index contributed by atoms with van der Waals surface area (Å²) >= 11 is 0. The Bertz CT molecular complexity index is 3460. The van der Waals surface area contributed by atoms with Crippen LogP contribution in [0.1, 0.15) is 0 Å². The Labute approximate surface area is 302 Å². The molecule has 8 aromatic carbocycles. The topological polar surface area (TPSA) is 57.0 Å². The Morgan fingerprint density at radius 1 is 0.453 bits per heavy atom. The SMILES string of the molecule is c1ccc(-n2c3ccccc3c3cc(-c4ccc5oc6cccc(-c7cnc8c(n7)oc7cc9c(ccc%10ccccc%109)cc78)c6c5c4)ccc32)cc1. The second-order valence-electron chi connectivity index (χ2n) is 13.8. The first-order valence-electron chi connectivity index (χ1n) is 17.8. The molecule has 53 heavy (non-hydrogen) atoms. The summed E-state index contributed by atoms with van der Waals surface area (Å²) in [6.07, 6.45) is 1.86. The van der Waals surface area contributed by atoms with E-state index >= 15 is 0 Å². The van der Waals surface area contributed by atoms with Gasteiger partial charge in [-0.05, 0) is 93.3 Å². The van der Waals surface area contributed by atoms with Crippen molar-refractivity contribution in [2.75, 3.05) is 0 Å². The Hall–Kier alpha value is -7.24. The van der Waals surface area contributed by atoms with Gasteiger partial charge in [-0.25, -0.2) is 9.97 Å². The first-order valence-corrected chi connectivity index (χ1v) is 17.8. The van der Waals surface area contributed by atoms with E-state index in [9.17, 15) is 0 Å². The van der Waals surface area contributed by atoms with E-state index in [1.807, 2.05) is 18.3 Å². The molecule has 5 heteroatoms. The van der Waals surface area contributed by atoms with Crippen molar-refractivity contribution in [3.63, 3.8) is 0 Å². The first kappa shape index (κ1) is 28.5. The minimum absolute atomic E-state index is 0.519. The smallest absolute Gasteiger partial charge is 0.246 e. The predicted molar refractivity (Wildman–Crippen MR) is 217 cm³/mol. The summed E-state index contributed by atoms with van der Waals surface area (Å²) in [5.41, 5.74) is 11.2. The lowest BCUT2D eigenvalue weighted by Crippen LogP contribution is -1.92. The average Bonchev–Trinajstić information content (AvgIpc) is 3.88. The second-order valence-corrected chi connectivity index (χ2v) is 13.8. The predicted octanol–water partition coefficient (Wildman–Crippen LogP) is 13.0. The standard InChI is InChI=1S/C48H27N3O2/c1-2-10-32(11-3-1)51-41-15-7-6-13-34(41)37-23-29(19-21-42(37)51)30-20-22-43-38(24-30)46-35(14-8-16-44(46)52-43)40-27-49-47-39-25-31-18-17-28-9-4-5-12-33(28)36(31)26-45(39)53-48(47)50-40/h1-27H. The second kappa shape index (κ2) is 10.6. The molecule has 0 atom stereocenters. The summed E-state index contributed by atoms with van der Waals surface area (Å²) in [5.74, 6) is 0.